The number of hydrogen-bond donors (Lipinski definition) is 0. The lowest BCUT2D eigenvalue weighted by Gasteiger charge is -2.53. The van der Waals surface area contributed by atoms with Crippen LogP contribution in [0.1, 0.15) is 91.9 Å². The molecule has 33 heavy (non-hydrogen) atoms. The Kier molecular flexibility index (Phi) is 7.35. The molecule has 4 aliphatic carbocycles. The van der Waals surface area contributed by atoms with Crippen LogP contribution in [0.3, 0.4) is 0 Å². The van der Waals surface area contributed by atoms with E-state index in [0.29, 0.717) is 41.8 Å². The quantitative estimate of drug-likeness (QED) is 0.461. The van der Waals surface area contributed by atoms with Gasteiger partial charge in [-0.15, -0.1) is 0 Å². The smallest absolute Gasteiger partial charge is 0.344 e. The molecule has 0 aliphatic heterocycles. The molecule has 8 atom stereocenters. The minimum absolute atomic E-state index is 0.0112. The first kappa shape index (κ1) is 24.5. The summed E-state index contributed by atoms with van der Waals surface area (Å²) in [5.74, 6) is 2.24. The van der Waals surface area contributed by atoms with Gasteiger partial charge in [0.25, 0.3) is 0 Å². The van der Waals surface area contributed by atoms with Crippen LogP contribution in [0.2, 0.25) is 0 Å². The van der Waals surface area contributed by atoms with Gasteiger partial charge in [-0.3, -0.25) is 9.59 Å². The number of ketones is 1. The zero-order chi connectivity index (χ0) is 23.8. The molecule has 0 saturated heterocycles. The minimum atomic E-state index is -0.404. The van der Waals surface area contributed by atoms with Gasteiger partial charge in [-0.2, -0.15) is 0 Å². The molecule has 5 heteroatoms. The average molecular weight is 459 g/mol. The van der Waals surface area contributed by atoms with Gasteiger partial charge in [-0.05, 0) is 87.0 Å². The van der Waals surface area contributed by atoms with E-state index < -0.39 is 5.97 Å². The standard InChI is InChI=1S/C28H42O5/c1-5-7-17(3)27(31)32-16-25(30)33-26-18(6-2)15-24-23-10-8-19-14-20(29)9-11-21(19)22(23)12-13-28(24,26)4/h14,17-18,21-24,26H,5-13,15-16H2,1-4H3/t17?,18-,21-,22+,23+,24-,26-,28-/m0/s1. The van der Waals surface area contributed by atoms with Crippen molar-refractivity contribution < 1.29 is 23.9 Å². The lowest BCUT2D eigenvalue weighted by molar-refractivity contribution is -0.172. The van der Waals surface area contributed by atoms with Gasteiger partial charge in [-0.25, -0.2) is 4.79 Å². The van der Waals surface area contributed by atoms with Crippen LogP contribution in [-0.4, -0.2) is 30.4 Å². The Bertz CT molecular complexity index is 800. The van der Waals surface area contributed by atoms with Gasteiger partial charge in [0.1, 0.15) is 6.10 Å². The Morgan fingerprint density at radius 2 is 1.94 bits per heavy atom. The van der Waals surface area contributed by atoms with Gasteiger partial charge in [0.05, 0.1) is 5.92 Å². The van der Waals surface area contributed by atoms with Gasteiger partial charge in [0.2, 0.25) is 0 Å². The molecule has 3 fully saturated rings. The third-order valence-electron chi connectivity index (χ3n) is 9.61. The Morgan fingerprint density at radius 3 is 2.67 bits per heavy atom. The van der Waals surface area contributed by atoms with Crippen molar-refractivity contribution in [3.8, 4) is 0 Å². The van der Waals surface area contributed by atoms with Crippen molar-refractivity contribution in [1.29, 1.82) is 0 Å². The summed E-state index contributed by atoms with van der Waals surface area (Å²) in [6, 6.07) is 0. The van der Waals surface area contributed by atoms with Crippen LogP contribution in [0.5, 0.6) is 0 Å². The van der Waals surface area contributed by atoms with E-state index in [2.05, 4.69) is 13.8 Å². The molecular formula is C28H42O5. The topological polar surface area (TPSA) is 69.7 Å². The van der Waals surface area contributed by atoms with Crippen LogP contribution in [0, 0.1) is 40.9 Å². The number of fused-ring (bicyclic) bond motifs is 5. The number of carbonyl (C=O) groups excluding carboxylic acids is 3. The fraction of sp³-hybridized carbons (Fsp3) is 0.821. The molecule has 0 aromatic rings. The van der Waals surface area contributed by atoms with E-state index in [0.717, 1.165) is 57.8 Å². The van der Waals surface area contributed by atoms with Gasteiger partial charge in [0.15, 0.2) is 12.4 Å². The maximum absolute atomic E-state index is 12.7. The van der Waals surface area contributed by atoms with E-state index in [1.54, 1.807) is 0 Å². The van der Waals surface area contributed by atoms with Crippen molar-refractivity contribution in [2.45, 2.75) is 98.0 Å². The maximum Gasteiger partial charge on any atom is 0.344 e. The maximum atomic E-state index is 12.7. The van der Waals surface area contributed by atoms with E-state index in [9.17, 15) is 14.4 Å². The number of esters is 2. The fourth-order valence-corrected chi connectivity index (χ4v) is 7.92. The molecule has 0 heterocycles. The molecule has 0 N–H and O–H groups in total. The van der Waals surface area contributed by atoms with Crippen LogP contribution in [-0.2, 0) is 23.9 Å². The van der Waals surface area contributed by atoms with Gasteiger partial charge in [0, 0.05) is 11.8 Å². The normalized spacial score (nSPS) is 38.4. The summed E-state index contributed by atoms with van der Waals surface area (Å²) in [5, 5.41) is 0. The summed E-state index contributed by atoms with van der Waals surface area (Å²) in [4.78, 5) is 36.8. The zero-order valence-electron chi connectivity index (χ0n) is 20.9. The van der Waals surface area contributed by atoms with Crippen LogP contribution in [0.25, 0.3) is 0 Å². The van der Waals surface area contributed by atoms with Crippen molar-refractivity contribution in [2.75, 3.05) is 6.61 Å². The number of rotatable bonds is 7. The highest BCUT2D eigenvalue weighted by atomic mass is 16.6. The molecule has 0 aromatic heterocycles. The van der Waals surface area contributed by atoms with E-state index in [1.165, 1.54) is 5.57 Å². The number of hydrogen-bond acceptors (Lipinski definition) is 5. The summed E-state index contributed by atoms with van der Waals surface area (Å²) in [6.07, 6.45) is 11.8. The van der Waals surface area contributed by atoms with E-state index in [-0.39, 0.29) is 30.0 Å². The van der Waals surface area contributed by atoms with Crippen molar-refractivity contribution in [3.05, 3.63) is 11.6 Å². The Hall–Kier alpha value is -1.65. The molecule has 0 aromatic carbocycles. The Labute approximate surface area is 199 Å². The Balaban J connectivity index is 1.43. The summed E-state index contributed by atoms with van der Waals surface area (Å²) in [6.45, 7) is 8.14. The van der Waals surface area contributed by atoms with Gasteiger partial charge < -0.3 is 9.47 Å². The third-order valence-corrected chi connectivity index (χ3v) is 9.61. The van der Waals surface area contributed by atoms with Crippen molar-refractivity contribution in [3.63, 3.8) is 0 Å². The minimum Gasteiger partial charge on any atom is -0.459 e. The van der Waals surface area contributed by atoms with E-state index in [4.69, 9.17) is 9.47 Å². The van der Waals surface area contributed by atoms with Crippen molar-refractivity contribution in [2.24, 2.45) is 40.9 Å². The molecule has 4 rings (SSSR count). The van der Waals surface area contributed by atoms with Gasteiger partial charge in [-0.1, -0.05) is 39.7 Å². The predicted octanol–water partition coefficient (Wildman–Crippen LogP) is 5.66. The molecular weight excluding hydrogens is 416 g/mol. The highest BCUT2D eigenvalue weighted by Gasteiger charge is 2.60. The van der Waals surface area contributed by atoms with Gasteiger partial charge >= 0.3 is 11.9 Å². The summed E-state index contributed by atoms with van der Waals surface area (Å²) >= 11 is 0. The predicted molar refractivity (Wildman–Crippen MR) is 126 cm³/mol. The summed E-state index contributed by atoms with van der Waals surface area (Å²) < 4.78 is 11.4. The molecule has 1 unspecified atom stereocenters. The number of allylic oxidation sites excluding steroid dienone is 1. The molecule has 0 amide bonds. The Morgan fingerprint density at radius 1 is 1.15 bits per heavy atom. The average Bonchev–Trinajstić information content (AvgIpc) is 3.08. The van der Waals surface area contributed by atoms with Crippen LogP contribution < -0.4 is 0 Å². The largest absolute Gasteiger partial charge is 0.459 e. The number of carbonyl (C=O) groups is 3. The molecule has 0 spiro atoms. The third kappa shape index (κ3) is 4.66. The second kappa shape index (κ2) is 9.92. The van der Waals surface area contributed by atoms with Crippen LogP contribution >= 0.6 is 0 Å². The first-order valence-electron chi connectivity index (χ1n) is 13.4. The number of ether oxygens (including phenoxy) is 2. The molecule has 184 valence electrons. The second-order valence-corrected chi connectivity index (χ2v) is 11.5. The van der Waals surface area contributed by atoms with E-state index in [1.807, 2.05) is 19.9 Å². The van der Waals surface area contributed by atoms with Crippen LogP contribution in [0.4, 0.5) is 0 Å². The van der Waals surface area contributed by atoms with Crippen molar-refractivity contribution >= 4 is 17.7 Å². The monoisotopic (exact) mass is 458 g/mol. The summed E-state index contributed by atoms with van der Waals surface area (Å²) in [5.41, 5.74) is 1.39. The summed E-state index contributed by atoms with van der Waals surface area (Å²) in [7, 11) is 0. The SMILES string of the molecule is CCCC(C)C(=O)OCC(=O)O[C@H]1[C@@H](CC)C[C@H]2[C@@H]3CCC4=CC(=O)CC[C@@H]4[C@H]3CC[C@@]21C. The lowest BCUT2D eigenvalue weighted by atomic mass is 9.52. The second-order valence-electron chi connectivity index (χ2n) is 11.5. The first-order chi connectivity index (χ1) is 15.8. The van der Waals surface area contributed by atoms with Crippen LogP contribution in [0.15, 0.2) is 11.6 Å². The highest BCUT2D eigenvalue weighted by molar-refractivity contribution is 5.91. The zero-order valence-corrected chi connectivity index (χ0v) is 20.9. The molecule has 4 aliphatic rings. The van der Waals surface area contributed by atoms with E-state index >= 15 is 0 Å². The molecule has 3 saturated carbocycles. The molecule has 5 nitrogen and oxygen atoms in total. The highest BCUT2D eigenvalue weighted by Crippen LogP contribution is 2.64. The molecule has 0 radical (unpaired) electrons. The first-order valence-corrected chi connectivity index (χ1v) is 13.4. The molecule has 0 bridgehead atoms. The fourth-order valence-electron chi connectivity index (χ4n) is 7.92. The lowest BCUT2D eigenvalue weighted by Crippen LogP contribution is -2.49. The van der Waals surface area contributed by atoms with Crippen molar-refractivity contribution in [1.82, 2.24) is 0 Å².